The summed E-state index contributed by atoms with van der Waals surface area (Å²) in [5, 5.41) is 3.88. The molecule has 21 heavy (non-hydrogen) atoms. The molecule has 2 atom stereocenters. The maximum Gasteiger partial charge on any atom is 0.0223 e. The average molecular weight is 295 g/mol. The first kappa shape index (κ1) is 17.3. The Balaban J connectivity index is 1.77. The van der Waals surface area contributed by atoms with Crippen molar-refractivity contribution < 1.29 is 0 Å². The van der Waals surface area contributed by atoms with E-state index in [1.165, 1.54) is 90.3 Å². The summed E-state index contributed by atoms with van der Waals surface area (Å²) >= 11 is 0. The second kappa shape index (κ2) is 9.84. The molecule has 1 N–H and O–H groups in total. The second-order valence-electron chi connectivity index (χ2n) is 7.51. The van der Waals surface area contributed by atoms with E-state index in [0.717, 1.165) is 18.0 Å². The predicted molar refractivity (Wildman–Crippen MR) is 92.8 cm³/mol. The lowest BCUT2D eigenvalue weighted by atomic mass is 9.83. The zero-order valence-electron chi connectivity index (χ0n) is 14.6. The maximum absolute atomic E-state index is 3.88. The van der Waals surface area contributed by atoms with Gasteiger partial charge in [0.2, 0.25) is 0 Å². The Bertz CT molecular complexity index is 260. The Morgan fingerprint density at radius 2 is 1.71 bits per heavy atom. The van der Waals surface area contributed by atoms with Crippen molar-refractivity contribution in [3.63, 3.8) is 0 Å². The molecule has 1 saturated carbocycles. The van der Waals surface area contributed by atoms with Gasteiger partial charge in [-0.3, -0.25) is 4.90 Å². The first-order chi connectivity index (χ1) is 10.3. The zero-order valence-corrected chi connectivity index (χ0v) is 14.6. The molecular formula is C19H38N2. The number of nitrogens with one attached hydrogen (secondary N) is 1. The van der Waals surface area contributed by atoms with Crippen molar-refractivity contribution in [1.82, 2.24) is 10.2 Å². The minimum Gasteiger partial charge on any atom is -0.312 e. The van der Waals surface area contributed by atoms with Gasteiger partial charge in [-0.25, -0.2) is 0 Å². The molecule has 1 aliphatic carbocycles. The van der Waals surface area contributed by atoms with Crippen molar-refractivity contribution in [3.8, 4) is 0 Å². The molecular weight excluding hydrogens is 256 g/mol. The monoisotopic (exact) mass is 294 g/mol. The highest BCUT2D eigenvalue weighted by atomic mass is 15.2. The molecule has 0 aromatic heterocycles. The molecule has 2 fully saturated rings. The summed E-state index contributed by atoms with van der Waals surface area (Å²) in [6.45, 7) is 8.61. The van der Waals surface area contributed by atoms with Crippen LogP contribution in [-0.4, -0.2) is 36.6 Å². The van der Waals surface area contributed by atoms with E-state index in [1.807, 2.05) is 0 Å². The van der Waals surface area contributed by atoms with E-state index in [2.05, 4.69) is 24.1 Å². The summed E-state index contributed by atoms with van der Waals surface area (Å²) in [5.41, 5.74) is 0. The van der Waals surface area contributed by atoms with Crippen LogP contribution in [0.25, 0.3) is 0 Å². The van der Waals surface area contributed by atoms with Gasteiger partial charge >= 0.3 is 0 Å². The minimum absolute atomic E-state index is 0.769. The van der Waals surface area contributed by atoms with Crippen molar-refractivity contribution in [2.24, 2.45) is 5.92 Å². The van der Waals surface area contributed by atoms with Gasteiger partial charge in [0.05, 0.1) is 0 Å². The third-order valence-electron chi connectivity index (χ3n) is 5.79. The lowest BCUT2D eigenvalue weighted by Gasteiger charge is -2.34. The van der Waals surface area contributed by atoms with Gasteiger partial charge in [0, 0.05) is 18.6 Å². The number of unbranched alkanes of at least 4 members (excludes halogenated alkanes) is 4. The van der Waals surface area contributed by atoms with Crippen LogP contribution in [0.4, 0.5) is 0 Å². The molecule has 2 unspecified atom stereocenters. The van der Waals surface area contributed by atoms with Gasteiger partial charge < -0.3 is 5.32 Å². The van der Waals surface area contributed by atoms with Gasteiger partial charge in [-0.1, -0.05) is 51.9 Å². The smallest absolute Gasteiger partial charge is 0.0223 e. The highest BCUT2D eigenvalue weighted by Gasteiger charge is 2.28. The molecule has 2 heteroatoms. The van der Waals surface area contributed by atoms with Gasteiger partial charge in [0.15, 0.2) is 0 Å². The third kappa shape index (κ3) is 5.90. The minimum atomic E-state index is 0.769. The van der Waals surface area contributed by atoms with Crippen LogP contribution in [0.2, 0.25) is 0 Å². The summed E-state index contributed by atoms with van der Waals surface area (Å²) in [7, 11) is 0. The summed E-state index contributed by atoms with van der Waals surface area (Å²) in [6, 6.07) is 1.54. The van der Waals surface area contributed by atoms with E-state index in [4.69, 9.17) is 0 Å². The van der Waals surface area contributed by atoms with Crippen molar-refractivity contribution >= 4 is 0 Å². The summed E-state index contributed by atoms with van der Waals surface area (Å²) < 4.78 is 0. The van der Waals surface area contributed by atoms with Gasteiger partial charge in [-0.05, 0) is 51.6 Å². The molecule has 1 saturated heterocycles. The summed E-state index contributed by atoms with van der Waals surface area (Å²) in [4.78, 5) is 2.80. The molecule has 0 bridgehead atoms. The van der Waals surface area contributed by atoms with Crippen LogP contribution < -0.4 is 5.32 Å². The lowest BCUT2D eigenvalue weighted by Crippen LogP contribution is -2.45. The predicted octanol–water partition coefficient (Wildman–Crippen LogP) is 4.59. The molecule has 124 valence electrons. The Kier molecular flexibility index (Phi) is 8.10. The SMILES string of the molecule is CCCCCCCN1CC(C2CCCCC2)NCCC1C. The van der Waals surface area contributed by atoms with Crippen molar-refractivity contribution in [1.29, 1.82) is 0 Å². The van der Waals surface area contributed by atoms with Crippen LogP contribution in [-0.2, 0) is 0 Å². The lowest BCUT2D eigenvalue weighted by molar-refractivity contribution is 0.169. The first-order valence-electron chi connectivity index (χ1n) is 9.78. The van der Waals surface area contributed by atoms with E-state index in [0.29, 0.717) is 0 Å². The van der Waals surface area contributed by atoms with Crippen LogP contribution in [0.15, 0.2) is 0 Å². The summed E-state index contributed by atoms with van der Waals surface area (Å²) in [5.74, 6) is 0.951. The quantitative estimate of drug-likeness (QED) is 0.691. The Morgan fingerprint density at radius 1 is 0.952 bits per heavy atom. The topological polar surface area (TPSA) is 15.3 Å². The van der Waals surface area contributed by atoms with Crippen LogP contribution in [0.3, 0.4) is 0 Å². The Hall–Kier alpha value is -0.0800. The van der Waals surface area contributed by atoms with E-state index in [9.17, 15) is 0 Å². The van der Waals surface area contributed by atoms with Gasteiger partial charge in [-0.15, -0.1) is 0 Å². The third-order valence-corrected chi connectivity index (χ3v) is 5.79. The maximum atomic E-state index is 3.88. The fourth-order valence-electron chi connectivity index (χ4n) is 4.24. The summed E-state index contributed by atoms with van der Waals surface area (Å²) in [6.07, 6.45) is 15.7. The molecule has 2 aliphatic rings. The number of rotatable bonds is 7. The van der Waals surface area contributed by atoms with Crippen LogP contribution >= 0.6 is 0 Å². The fraction of sp³-hybridized carbons (Fsp3) is 1.00. The van der Waals surface area contributed by atoms with Crippen molar-refractivity contribution in [2.45, 2.75) is 96.6 Å². The van der Waals surface area contributed by atoms with E-state index < -0.39 is 0 Å². The second-order valence-corrected chi connectivity index (χ2v) is 7.51. The Morgan fingerprint density at radius 3 is 2.48 bits per heavy atom. The van der Waals surface area contributed by atoms with Crippen molar-refractivity contribution in [3.05, 3.63) is 0 Å². The van der Waals surface area contributed by atoms with Crippen LogP contribution in [0.1, 0.15) is 84.5 Å². The fourth-order valence-corrected chi connectivity index (χ4v) is 4.24. The molecule has 0 aromatic rings. The zero-order chi connectivity index (χ0) is 14.9. The standard InChI is InChI=1S/C19H38N2/c1-3-4-5-6-10-15-21-16-19(20-14-13-17(21)2)18-11-8-7-9-12-18/h17-20H,3-16H2,1-2H3. The molecule has 2 rings (SSSR count). The molecule has 0 spiro atoms. The first-order valence-corrected chi connectivity index (χ1v) is 9.78. The average Bonchev–Trinajstić information content (AvgIpc) is 2.70. The van der Waals surface area contributed by atoms with E-state index >= 15 is 0 Å². The van der Waals surface area contributed by atoms with E-state index in [1.54, 1.807) is 0 Å². The molecule has 0 radical (unpaired) electrons. The molecule has 0 amide bonds. The molecule has 0 aromatic carbocycles. The molecule has 1 heterocycles. The van der Waals surface area contributed by atoms with Crippen LogP contribution in [0.5, 0.6) is 0 Å². The largest absolute Gasteiger partial charge is 0.312 e. The molecule has 1 aliphatic heterocycles. The highest BCUT2D eigenvalue weighted by Crippen LogP contribution is 2.28. The number of hydrogen-bond donors (Lipinski definition) is 1. The van der Waals surface area contributed by atoms with Crippen LogP contribution in [0, 0.1) is 5.92 Å². The van der Waals surface area contributed by atoms with Gasteiger partial charge in [0.1, 0.15) is 0 Å². The van der Waals surface area contributed by atoms with Crippen molar-refractivity contribution in [2.75, 3.05) is 19.6 Å². The number of hydrogen-bond acceptors (Lipinski definition) is 2. The van der Waals surface area contributed by atoms with E-state index in [-0.39, 0.29) is 0 Å². The number of nitrogens with zero attached hydrogens (tertiary/aromatic N) is 1. The van der Waals surface area contributed by atoms with Gasteiger partial charge in [-0.2, -0.15) is 0 Å². The molecule has 2 nitrogen and oxygen atoms in total. The normalized spacial score (nSPS) is 29.4. The van der Waals surface area contributed by atoms with Gasteiger partial charge in [0.25, 0.3) is 0 Å². The highest BCUT2D eigenvalue weighted by molar-refractivity contribution is 4.86. The Labute approximate surface area is 133 Å².